The molecule has 7 heteroatoms. The van der Waals surface area contributed by atoms with E-state index in [9.17, 15) is 14.9 Å². The Morgan fingerprint density at radius 3 is 2.60 bits per heavy atom. The monoisotopic (exact) mass is 336 g/mol. The number of nitriles is 1. The zero-order valence-electron chi connectivity index (χ0n) is 7.03. The lowest BCUT2D eigenvalue weighted by atomic mass is 10.1. The smallest absolute Gasteiger partial charge is 0.276 e. The van der Waals surface area contributed by atoms with Gasteiger partial charge in [0.15, 0.2) is 0 Å². The van der Waals surface area contributed by atoms with E-state index in [1.807, 2.05) is 0 Å². The van der Waals surface area contributed by atoms with Crippen molar-refractivity contribution in [2.75, 3.05) is 0 Å². The fourth-order valence-corrected chi connectivity index (χ4v) is 2.07. The summed E-state index contributed by atoms with van der Waals surface area (Å²) in [6.45, 7) is 0. The fraction of sp³-hybridized carbons (Fsp3) is 0. The van der Waals surface area contributed by atoms with Gasteiger partial charge in [0, 0.05) is 9.64 Å². The van der Waals surface area contributed by atoms with Crippen molar-refractivity contribution in [1.29, 1.82) is 5.26 Å². The number of hydrogen-bond donors (Lipinski definition) is 0. The molecule has 5 nitrogen and oxygen atoms in total. The van der Waals surface area contributed by atoms with Gasteiger partial charge in [-0.05, 0) is 40.3 Å². The van der Waals surface area contributed by atoms with Gasteiger partial charge in [0.2, 0.25) is 0 Å². The molecular weight excluding hydrogens is 334 g/mol. The Kier molecular flexibility index (Phi) is 3.60. The zero-order chi connectivity index (χ0) is 11.6. The quantitative estimate of drug-likeness (QED) is 0.359. The first-order valence-corrected chi connectivity index (χ1v) is 5.01. The summed E-state index contributed by atoms with van der Waals surface area (Å²) in [5.41, 5.74) is -0.831. The molecule has 0 unspecified atom stereocenters. The van der Waals surface area contributed by atoms with E-state index in [0.717, 1.165) is 0 Å². The summed E-state index contributed by atoms with van der Waals surface area (Å²) in [6, 6.07) is 4.16. The van der Waals surface area contributed by atoms with Crippen molar-refractivity contribution < 1.29 is 9.72 Å². The highest BCUT2D eigenvalue weighted by Crippen LogP contribution is 2.27. The van der Waals surface area contributed by atoms with Gasteiger partial charge >= 0.3 is 0 Å². The summed E-state index contributed by atoms with van der Waals surface area (Å²) < 4.78 is 0.412. The van der Waals surface area contributed by atoms with Crippen LogP contribution in [0.5, 0.6) is 0 Å². The third-order valence-electron chi connectivity index (χ3n) is 1.64. The third-order valence-corrected chi connectivity index (χ3v) is 2.73. The van der Waals surface area contributed by atoms with Gasteiger partial charge in [-0.2, -0.15) is 5.26 Å². The van der Waals surface area contributed by atoms with E-state index in [4.69, 9.17) is 16.9 Å². The molecule has 0 aromatic heterocycles. The molecule has 0 aliphatic rings. The van der Waals surface area contributed by atoms with Crippen LogP contribution in [0.1, 0.15) is 15.9 Å². The van der Waals surface area contributed by atoms with Crippen LogP contribution in [0.25, 0.3) is 0 Å². The minimum Gasteiger partial charge on any atom is -0.276 e. The molecule has 0 amide bonds. The normalized spacial score (nSPS) is 9.40. The molecule has 1 aromatic rings. The Bertz CT molecular complexity index is 495. The molecule has 0 atom stereocenters. The summed E-state index contributed by atoms with van der Waals surface area (Å²) in [7, 11) is 0. The largest absolute Gasteiger partial charge is 0.287 e. The van der Waals surface area contributed by atoms with Crippen LogP contribution in [0, 0.1) is 25.0 Å². The minimum atomic E-state index is -0.875. The lowest BCUT2D eigenvalue weighted by Gasteiger charge is -2.01. The number of nitrogens with zero attached hydrogens (tertiary/aromatic N) is 2. The van der Waals surface area contributed by atoms with Crippen molar-refractivity contribution in [2.45, 2.75) is 0 Å². The third kappa shape index (κ3) is 2.24. The lowest BCUT2D eigenvalue weighted by Crippen LogP contribution is -2.02. The van der Waals surface area contributed by atoms with Crippen molar-refractivity contribution >= 4 is 45.1 Å². The first-order chi connectivity index (χ1) is 6.99. The van der Waals surface area contributed by atoms with E-state index in [2.05, 4.69) is 0 Å². The van der Waals surface area contributed by atoms with Crippen molar-refractivity contribution in [1.82, 2.24) is 0 Å². The number of carbonyl (C=O) groups excluding carboxylic acids is 1. The van der Waals surface area contributed by atoms with Crippen molar-refractivity contribution in [3.63, 3.8) is 0 Å². The average molecular weight is 336 g/mol. The number of hydrogen-bond acceptors (Lipinski definition) is 4. The lowest BCUT2D eigenvalue weighted by molar-refractivity contribution is -0.385. The molecule has 0 radical (unpaired) electrons. The Hall–Kier alpha value is -1.20. The highest BCUT2D eigenvalue weighted by Gasteiger charge is 2.23. The topological polar surface area (TPSA) is 84.0 Å². The van der Waals surface area contributed by atoms with Gasteiger partial charge in [-0.15, -0.1) is 0 Å². The summed E-state index contributed by atoms with van der Waals surface area (Å²) in [4.78, 5) is 20.8. The fourth-order valence-electron chi connectivity index (χ4n) is 1.02. The molecule has 0 saturated carbocycles. The molecular formula is C8H2ClIN2O3. The van der Waals surface area contributed by atoms with Crippen LogP contribution in [0.3, 0.4) is 0 Å². The predicted octanol–water partition coefficient (Wildman–Crippen LogP) is 2.45. The van der Waals surface area contributed by atoms with Gasteiger partial charge in [0.25, 0.3) is 10.9 Å². The van der Waals surface area contributed by atoms with E-state index in [-0.39, 0.29) is 11.1 Å². The van der Waals surface area contributed by atoms with Crippen molar-refractivity contribution in [3.05, 3.63) is 36.9 Å². The number of carbonyl (C=O) groups is 1. The van der Waals surface area contributed by atoms with Gasteiger partial charge in [-0.1, -0.05) is 0 Å². The maximum absolute atomic E-state index is 11.0. The highest BCUT2D eigenvalue weighted by molar-refractivity contribution is 14.1. The molecule has 0 fully saturated rings. The molecule has 1 aromatic carbocycles. The second kappa shape index (κ2) is 4.55. The Morgan fingerprint density at radius 1 is 1.60 bits per heavy atom. The number of nitro groups is 1. The maximum atomic E-state index is 11.0. The van der Waals surface area contributed by atoms with Crippen molar-refractivity contribution in [2.24, 2.45) is 0 Å². The van der Waals surface area contributed by atoms with Crippen LogP contribution < -0.4 is 0 Å². The van der Waals surface area contributed by atoms with Gasteiger partial charge in [-0.25, -0.2) is 0 Å². The number of benzene rings is 1. The first kappa shape index (κ1) is 11.9. The number of rotatable bonds is 2. The molecule has 0 heterocycles. The molecule has 0 spiro atoms. The van der Waals surface area contributed by atoms with Crippen LogP contribution in [0.4, 0.5) is 5.69 Å². The van der Waals surface area contributed by atoms with Gasteiger partial charge < -0.3 is 0 Å². The molecule has 15 heavy (non-hydrogen) atoms. The van der Waals surface area contributed by atoms with E-state index in [1.165, 1.54) is 12.1 Å². The Balaban J connectivity index is 3.64. The highest BCUT2D eigenvalue weighted by atomic mass is 127. The van der Waals surface area contributed by atoms with E-state index < -0.39 is 15.9 Å². The summed E-state index contributed by atoms with van der Waals surface area (Å²) >= 11 is 7.04. The molecule has 0 bridgehead atoms. The van der Waals surface area contributed by atoms with Gasteiger partial charge in [0.1, 0.15) is 11.6 Å². The Labute approximate surface area is 103 Å². The average Bonchev–Trinajstić information content (AvgIpc) is 2.15. The standard InChI is InChI=1S/C8H2ClIN2O3/c9-8(13)7-4(3-11)6(12(14)15)2-1-5(7)10/h1-2H. The van der Waals surface area contributed by atoms with Crippen molar-refractivity contribution in [3.8, 4) is 6.07 Å². The number of nitro benzene ring substituents is 1. The zero-order valence-corrected chi connectivity index (χ0v) is 9.94. The summed E-state index contributed by atoms with van der Waals surface area (Å²) in [5.74, 6) is 0. The summed E-state index contributed by atoms with van der Waals surface area (Å²) in [6.07, 6.45) is 0. The van der Waals surface area contributed by atoms with E-state index in [0.29, 0.717) is 3.57 Å². The van der Waals surface area contributed by atoms with Crippen LogP contribution in [-0.2, 0) is 0 Å². The van der Waals surface area contributed by atoms with Gasteiger partial charge in [-0.3, -0.25) is 14.9 Å². The molecule has 0 aliphatic carbocycles. The van der Waals surface area contributed by atoms with Crippen LogP contribution in [0.2, 0.25) is 0 Å². The Morgan fingerprint density at radius 2 is 2.20 bits per heavy atom. The molecule has 0 N–H and O–H groups in total. The SMILES string of the molecule is N#Cc1c([N+](=O)[O-])ccc(I)c1C(=O)Cl. The van der Waals surface area contributed by atoms with Crippen LogP contribution in [-0.4, -0.2) is 10.2 Å². The predicted molar refractivity (Wildman–Crippen MR) is 60.7 cm³/mol. The molecule has 1 rings (SSSR count). The summed E-state index contributed by atoms with van der Waals surface area (Å²) in [5, 5.41) is 18.4. The van der Waals surface area contributed by atoms with Crippen LogP contribution >= 0.6 is 34.2 Å². The van der Waals surface area contributed by atoms with E-state index >= 15 is 0 Å². The molecule has 0 aliphatic heterocycles. The molecule has 76 valence electrons. The maximum Gasteiger partial charge on any atom is 0.287 e. The van der Waals surface area contributed by atoms with Crippen LogP contribution in [0.15, 0.2) is 12.1 Å². The first-order valence-electron chi connectivity index (χ1n) is 3.56. The second-order valence-corrected chi connectivity index (χ2v) is 3.96. The minimum absolute atomic E-state index is 0.117. The number of halogens is 2. The second-order valence-electron chi connectivity index (χ2n) is 2.46. The van der Waals surface area contributed by atoms with Gasteiger partial charge in [0.05, 0.1) is 10.5 Å². The van der Waals surface area contributed by atoms with E-state index in [1.54, 1.807) is 28.7 Å². The molecule has 0 saturated heterocycles.